The van der Waals surface area contributed by atoms with Crippen LogP contribution in [-0.4, -0.2) is 32.4 Å². The minimum Gasteiger partial charge on any atom is -0.352 e. The Morgan fingerprint density at radius 2 is 1.81 bits per heavy atom. The maximum Gasteiger partial charge on any atom is 0.241 e. The third-order valence-electron chi connectivity index (χ3n) is 3.03. The highest BCUT2D eigenvalue weighted by atomic mass is 35.5. The van der Waals surface area contributed by atoms with Gasteiger partial charge in [0.25, 0.3) is 0 Å². The number of nitrogens with two attached hydrogens (primary N) is 1. The fraction of sp³-hybridized carbons (Fsp3) is 0.500. The zero-order valence-corrected chi connectivity index (χ0v) is 14.1. The minimum absolute atomic E-state index is 0. The normalized spacial score (nSPS) is 13.9. The van der Waals surface area contributed by atoms with Gasteiger partial charge in [0, 0.05) is 12.3 Å². The second-order valence-electron chi connectivity index (χ2n) is 5.22. The second-order valence-corrected chi connectivity index (χ2v) is 7.48. The van der Waals surface area contributed by atoms with Crippen molar-refractivity contribution >= 4 is 28.2 Å². The molecule has 1 aromatic carbocycles. The van der Waals surface area contributed by atoms with Gasteiger partial charge in [0.15, 0.2) is 0 Å². The predicted molar refractivity (Wildman–Crippen MR) is 87.3 cm³/mol. The first-order valence-electron chi connectivity index (χ1n) is 6.49. The Bertz CT molecular complexity index is 558. The van der Waals surface area contributed by atoms with E-state index in [1.807, 2.05) is 31.2 Å². The topological polar surface area (TPSA) is 89.3 Å². The number of sulfone groups is 1. The first kappa shape index (κ1) is 19.9. The number of benzene rings is 1. The summed E-state index contributed by atoms with van der Waals surface area (Å²) in [6.07, 6.45) is 1.56. The molecule has 0 aliphatic carbocycles. The Hall–Kier alpha value is -1.11. The molecular weight excluding hydrogens is 312 g/mol. The van der Waals surface area contributed by atoms with E-state index in [1.54, 1.807) is 6.92 Å². The second kappa shape index (κ2) is 8.36. The summed E-state index contributed by atoms with van der Waals surface area (Å²) in [4.78, 5) is 12.0. The van der Waals surface area contributed by atoms with Crippen LogP contribution in [0, 0.1) is 6.92 Å². The van der Waals surface area contributed by atoms with Gasteiger partial charge in [-0.15, -0.1) is 12.4 Å². The SMILES string of the molecule is Cc1ccc(C(N)C(=O)NC(C)CCS(C)(=O)=O)cc1.Cl. The molecule has 120 valence electrons. The summed E-state index contributed by atoms with van der Waals surface area (Å²) in [5.74, 6) is -0.247. The van der Waals surface area contributed by atoms with Crippen LogP contribution >= 0.6 is 12.4 Å². The van der Waals surface area contributed by atoms with Crippen molar-refractivity contribution < 1.29 is 13.2 Å². The van der Waals surface area contributed by atoms with Crippen LogP contribution in [-0.2, 0) is 14.6 Å². The minimum atomic E-state index is -3.01. The van der Waals surface area contributed by atoms with E-state index in [0.29, 0.717) is 6.42 Å². The van der Waals surface area contributed by atoms with Crippen LogP contribution in [0.5, 0.6) is 0 Å². The van der Waals surface area contributed by atoms with Crippen molar-refractivity contribution in [3.05, 3.63) is 35.4 Å². The van der Waals surface area contributed by atoms with Gasteiger partial charge in [0.05, 0.1) is 5.75 Å². The number of amides is 1. The van der Waals surface area contributed by atoms with Gasteiger partial charge in [-0.2, -0.15) is 0 Å². The van der Waals surface area contributed by atoms with Crippen LogP contribution in [0.4, 0.5) is 0 Å². The Morgan fingerprint density at radius 1 is 1.29 bits per heavy atom. The molecular formula is C14H23ClN2O3S. The molecule has 1 rings (SSSR count). The Kier molecular flexibility index (Phi) is 7.92. The van der Waals surface area contributed by atoms with Gasteiger partial charge in [-0.3, -0.25) is 4.79 Å². The smallest absolute Gasteiger partial charge is 0.241 e. The summed E-state index contributed by atoms with van der Waals surface area (Å²) >= 11 is 0. The summed E-state index contributed by atoms with van der Waals surface area (Å²) in [5, 5.41) is 2.74. The summed E-state index contributed by atoms with van der Waals surface area (Å²) in [7, 11) is -3.01. The average molecular weight is 335 g/mol. The van der Waals surface area contributed by atoms with E-state index in [1.165, 1.54) is 6.26 Å². The molecule has 7 heteroatoms. The van der Waals surface area contributed by atoms with Crippen molar-refractivity contribution in [2.24, 2.45) is 5.73 Å². The van der Waals surface area contributed by atoms with Crippen molar-refractivity contribution in [3.8, 4) is 0 Å². The van der Waals surface area contributed by atoms with E-state index in [4.69, 9.17) is 5.73 Å². The van der Waals surface area contributed by atoms with Gasteiger partial charge in [-0.25, -0.2) is 8.42 Å². The fourth-order valence-electron chi connectivity index (χ4n) is 1.72. The highest BCUT2D eigenvalue weighted by molar-refractivity contribution is 7.90. The first-order valence-corrected chi connectivity index (χ1v) is 8.55. The number of aryl methyl sites for hydroxylation is 1. The van der Waals surface area contributed by atoms with Gasteiger partial charge in [-0.05, 0) is 25.8 Å². The van der Waals surface area contributed by atoms with Gasteiger partial charge >= 0.3 is 0 Å². The van der Waals surface area contributed by atoms with Gasteiger partial charge in [0.1, 0.15) is 15.9 Å². The van der Waals surface area contributed by atoms with E-state index in [0.717, 1.165) is 11.1 Å². The zero-order chi connectivity index (χ0) is 15.3. The molecule has 0 fully saturated rings. The van der Waals surface area contributed by atoms with Gasteiger partial charge in [0.2, 0.25) is 5.91 Å². The molecule has 0 spiro atoms. The number of hydrogen-bond donors (Lipinski definition) is 2. The van der Waals surface area contributed by atoms with Crippen molar-refractivity contribution in [3.63, 3.8) is 0 Å². The molecule has 5 nitrogen and oxygen atoms in total. The molecule has 0 aliphatic rings. The summed E-state index contributed by atoms with van der Waals surface area (Å²) in [5.41, 5.74) is 7.73. The maximum absolute atomic E-state index is 12.0. The fourth-order valence-corrected chi connectivity index (χ4v) is 2.50. The lowest BCUT2D eigenvalue weighted by atomic mass is 10.0. The highest BCUT2D eigenvalue weighted by Gasteiger charge is 2.18. The molecule has 1 amide bonds. The van der Waals surface area contributed by atoms with Crippen LogP contribution in [0.15, 0.2) is 24.3 Å². The molecule has 2 unspecified atom stereocenters. The Balaban J connectivity index is 0.00000400. The first-order chi connectivity index (χ1) is 9.19. The molecule has 21 heavy (non-hydrogen) atoms. The maximum atomic E-state index is 12.0. The van der Waals surface area contributed by atoms with Gasteiger partial charge < -0.3 is 11.1 Å². The van der Waals surface area contributed by atoms with E-state index in [-0.39, 0.29) is 30.1 Å². The number of nitrogens with one attached hydrogen (secondary N) is 1. The molecule has 2 atom stereocenters. The third kappa shape index (κ3) is 7.45. The van der Waals surface area contributed by atoms with Gasteiger partial charge in [-0.1, -0.05) is 29.8 Å². The number of carbonyl (C=O) groups is 1. The van der Waals surface area contributed by atoms with Crippen molar-refractivity contribution in [1.82, 2.24) is 5.32 Å². The van der Waals surface area contributed by atoms with E-state index in [9.17, 15) is 13.2 Å². The number of rotatable bonds is 6. The van der Waals surface area contributed by atoms with Crippen LogP contribution in [0.2, 0.25) is 0 Å². The number of carbonyl (C=O) groups excluding carboxylic acids is 1. The number of hydrogen-bond acceptors (Lipinski definition) is 4. The summed E-state index contributed by atoms with van der Waals surface area (Å²) in [6, 6.07) is 6.47. The molecule has 3 N–H and O–H groups in total. The molecule has 0 aliphatic heterocycles. The third-order valence-corrected chi connectivity index (χ3v) is 4.01. The monoisotopic (exact) mass is 334 g/mol. The lowest BCUT2D eigenvalue weighted by Crippen LogP contribution is -2.40. The highest BCUT2D eigenvalue weighted by Crippen LogP contribution is 2.12. The van der Waals surface area contributed by atoms with Crippen LogP contribution in [0.3, 0.4) is 0 Å². The molecule has 0 radical (unpaired) electrons. The number of halogens is 1. The van der Waals surface area contributed by atoms with E-state index < -0.39 is 15.9 Å². The van der Waals surface area contributed by atoms with Crippen LogP contribution in [0.25, 0.3) is 0 Å². The lowest BCUT2D eigenvalue weighted by molar-refractivity contribution is -0.123. The zero-order valence-electron chi connectivity index (χ0n) is 12.5. The van der Waals surface area contributed by atoms with Crippen LogP contribution < -0.4 is 11.1 Å². The van der Waals surface area contributed by atoms with E-state index in [2.05, 4.69) is 5.32 Å². The van der Waals surface area contributed by atoms with Crippen molar-refractivity contribution in [1.29, 1.82) is 0 Å². The summed E-state index contributed by atoms with van der Waals surface area (Å²) < 4.78 is 22.1. The standard InChI is InChI=1S/C14H22N2O3S.ClH/c1-10-4-6-12(7-5-10)13(15)14(17)16-11(2)8-9-20(3,18)19;/h4-7,11,13H,8-9,15H2,1-3H3,(H,16,17);1H. The molecule has 0 bridgehead atoms. The molecule has 0 saturated carbocycles. The lowest BCUT2D eigenvalue weighted by Gasteiger charge is -2.17. The van der Waals surface area contributed by atoms with Crippen molar-refractivity contribution in [2.45, 2.75) is 32.4 Å². The molecule has 0 heterocycles. The quantitative estimate of drug-likeness (QED) is 0.822. The predicted octanol–water partition coefficient (Wildman–Crippen LogP) is 1.36. The molecule has 1 aromatic rings. The molecule has 0 saturated heterocycles. The summed E-state index contributed by atoms with van der Waals surface area (Å²) in [6.45, 7) is 3.73. The van der Waals surface area contributed by atoms with Crippen molar-refractivity contribution in [2.75, 3.05) is 12.0 Å². The van der Waals surface area contributed by atoms with Crippen LogP contribution in [0.1, 0.15) is 30.5 Å². The Morgan fingerprint density at radius 3 is 2.29 bits per heavy atom. The average Bonchev–Trinajstić information content (AvgIpc) is 2.35. The van der Waals surface area contributed by atoms with E-state index >= 15 is 0 Å². The Labute approximate surface area is 132 Å². The molecule has 0 aromatic heterocycles. The largest absolute Gasteiger partial charge is 0.352 e.